The molecular weight excluding hydrogens is 302 g/mol. The summed E-state index contributed by atoms with van der Waals surface area (Å²) in [5.74, 6) is -1.16. The molecule has 2 aromatic rings. The molecular formula is C17H16F2N2O2. The second-order valence-electron chi connectivity index (χ2n) is 5.44. The zero-order chi connectivity index (χ0) is 16.4. The number of nitrogens with zero attached hydrogens (tertiary/aromatic N) is 1. The fourth-order valence-electron chi connectivity index (χ4n) is 2.70. The number of rotatable bonds is 3. The van der Waals surface area contributed by atoms with E-state index in [1.807, 2.05) is 0 Å². The summed E-state index contributed by atoms with van der Waals surface area (Å²) in [6, 6.07) is 10.1. The lowest BCUT2D eigenvalue weighted by molar-refractivity contribution is -0.116. The van der Waals surface area contributed by atoms with E-state index in [2.05, 4.69) is 5.32 Å². The smallest absolute Gasteiger partial charge is 0.226 e. The molecule has 0 aromatic heterocycles. The predicted octanol–water partition coefficient (Wildman–Crippen LogP) is 2.85. The van der Waals surface area contributed by atoms with E-state index in [1.165, 1.54) is 24.3 Å². The lowest BCUT2D eigenvalue weighted by Gasteiger charge is -2.27. The number of amides is 1. The molecule has 3 rings (SSSR count). The average Bonchev–Trinajstić information content (AvgIpc) is 2.66. The minimum atomic E-state index is -1.05. The summed E-state index contributed by atoms with van der Waals surface area (Å²) in [6.07, 6.45) is -0.845. The largest absolute Gasteiger partial charge is 0.386 e. The van der Waals surface area contributed by atoms with Crippen LogP contribution in [0.15, 0.2) is 42.5 Å². The van der Waals surface area contributed by atoms with Gasteiger partial charge in [0.25, 0.3) is 0 Å². The number of halogens is 2. The highest BCUT2D eigenvalue weighted by molar-refractivity contribution is 5.96. The number of aliphatic hydroxyl groups is 1. The van der Waals surface area contributed by atoms with Crippen molar-refractivity contribution < 1.29 is 18.7 Å². The van der Waals surface area contributed by atoms with Crippen molar-refractivity contribution in [2.45, 2.75) is 12.5 Å². The number of hydrogen-bond acceptors (Lipinski definition) is 3. The minimum Gasteiger partial charge on any atom is -0.386 e. The summed E-state index contributed by atoms with van der Waals surface area (Å²) in [5, 5.41) is 13.0. The molecule has 0 radical (unpaired) electrons. The SMILES string of the molecule is O=C1CCN(CC(O)c2ccccc2F)c2ccc(F)cc2N1. The summed E-state index contributed by atoms with van der Waals surface area (Å²) >= 11 is 0. The van der Waals surface area contributed by atoms with Gasteiger partial charge in [0.1, 0.15) is 11.6 Å². The van der Waals surface area contributed by atoms with E-state index in [9.17, 15) is 18.7 Å². The first-order valence-corrected chi connectivity index (χ1v) is 7.31. The highest BCUT2D eigenvalue weighted by Gasteiger charge is 2.23. The molecule has 0 aliphatic carbocycles. The molecule has 6 heteroatoms. The number of aliphatic hydroxyl groups excluding tert-OH is 1. The van der Waals surface area contributed by atoms with Crippen LogP contribution in [0.2, 0.25) is 0 Å². The van der Waals surface area contributed by atoms with E-state index in [0.717, 1.165) is 0 Å². The van der Waals surface area contributed by atoms with Gasteiger partial charge in [-0.05, 0) is 24.3 Å². The van der Waals surface area contributed by atoms with Crippen molar-refractivity contribution in [3.05, 3.63) is 59.7 Å². The topological polar surface area (TPSA) is 52.6 Å². The molecule has 1 heterocycles. The van der Waals surface area contributed by atoms with Gasteiger partial charge in [0, 0.05) is 25.1 Å². The van der Waals surface area contributed by atoms with Gasteiger partial charge < -0.3 is 15.3 Å². The Balaban J connectivity index is 1.88. The third kappa shape index (κ3) is 3.32. The van der Waals surface area contributed by atoms with Crippen LogP contribution in [0.1, 0.15) is 18.1 Å². The van der Waals surface area contributed by atoms with Crippen molar-refractivity contribution in [1.29, 1.82) is 0 Å². The van der Waals surface area contributed by atoms with Gasteiger partial charge >= 0.3 is 0 Å². The van der Waals surface area contributed by atoms with E-state index in [4.69, 9.17) is 0 Å². The zero-order valence-electron chi connectivity index (χ0n) is 12.3. The maximum absolute atomic E-state index is 13.8. The molecule has 1 aliphatic heterocycles. The lowest BCUT2D eigenvalue weighted by Crippen LogP contribution is -2.30. The summed E-state index contributed by atoms with van der Waals surface area (Å²) in [6.45, 7) is 0.463. The second kappa shape index (κ2) is 6.34. The predicted molar refractivity (Wildman–Crippen MR) is 83.2 cm³/mol. The Kier molecular flexibility index (Phi) is 4.25. The van der Waals surface area contributed by atoms with Crippen molar-refractivity contribution in [3.63, 3.8) is 0 Å². The average molecular weight is 318 g/mol. The molecule has 0 spiro atoms. The normalized spacial score (nSPS) is 15.6. The third-order valence-corrected chi connectivity index (χ3v) is 3.84. The van der Waals surface area contributed by atoms with Crippen molar-refractivity contribution >= 4 is 17.3 Å². The maximum Gasteiger partial charge on any atom is 0.226 e. The van der Waals surface area contributed by atoms with Crippen LogP contribution in [0.4, 0.5) is 20.2 Å². The molecule has 4 nitrogen and oxygen atoms in total. The summed E-state index contributed by atoms with van der Waals surface area (Å²) in [7, 11) is 0. The fourth-order valence-corrected chi connectivity index (χ4v) is 2.70. The Labute approximate surface area is 132 Å². The molecule has 120 valence electrons. The van der Waals surface area contributed by atoms with Gasteiger partial charge in [-0.2, -0.15) is 0 Å². The molecule has 1 atom stereocenters. The minimum absolute atomic E-state index is 0.106. The van der Waals surface area contributed by atoms with Crippen LogP contribution < -0.4 is 10.2 Å². The second-order valence-corrected chi connectivity index (χ2v) is 5.44. The first-order valence-electron chi connectivity index (χ1n) is 7.31. The van der Waals surface area contributed by atoms with E-state index in [0.29, 0.717) is 17.9 Å². The van der Waals surface area contributed by atoms with Gasteiger partial charge in [0.05, 0.1) is 17.5 Å². The molecule has 1 unspecified atom stereocenters. The van der Waals surface area contributed by atoms with Crippen LogP contribution in [0.25, 0.3) is 0 Å². The maximum atomic E-state index is 13.8. The van der Waals surface area contributed by atoms with E-state index in [1.54, 1.807) is 23.1 Å². The molecule has 23 heavy (non-hydrogen) atoms. The summed E-state index contributed by atoms with van der Waals surface area (Å²) in [4.78, 5) is 13.5. The van der Waals surface area contributed by atoms with Crippen molar-refractivity contribution in [2.75, 3.05) is 23.3 Å². The van der Waals surface area contributed by atoms with Crippen molar-refractivity contribution in [1.82, 2.24) is 0 Å². The van der Waals surface area contributed by atoms with Crippen LogP contribution in [0.5, 0.6) is 0 Å². The monoisotopic (exact) mass is 318 g/mol. The van der Waals surface area contributed by atoms with Crippen molar-refractivity contribution in [2.24, 2.45) is 0 Å². The lowest BCUT2D eigenvalue weighted by atomic mass is 10.1. The molecule has 1 aliphatic rings. The Morgan fingerprint density at radius 2 is 2.00 bits per heavy atom. The van der Waals surface area contributed by atoms with Gasteiger partial charge in [0.15, 0.2) is 0 Å². The standard InChI is InChI=1S/C17H16F2N2O2/c18-11-5-6-15-14(9-11)20-17(23)7-8-21(15)10-16(22)12-3-1-2-4-13(12)19/h1-6,9,16,22H,7-8,10H2,(H,20,23). The zero-order valence-corrected chi connectivity index (χ0v) is 12.3. The van der Waals surface area contributed by atoms with Crippen LogP contribution >= 0.6 is 0 Å². The number of carbonyl (C=O) groups is 1. The fraction of sp³-hybridized carbons (Fsp3) is 0.235. The Bertz CT molecular complexity index is 736. The number of carbonyl (C=O) groups excluding carboxylic acids is 1. The number of benzene rings is 2. The highest BCUT2D eigenvalue weighted by Crippen LogP contribution is 2.31. The molecule has 0 saturated heterocycles. The quantitative estimate of drug-likeness (QED) is 0.915. The molecule has 0 saturated carbocycles. The van der Waals surface area contributed by atoms with E-state index >= 15 is 0 Å². The number of hydrogen-bond donors (Lipinski definition) is 2. The Morgan fingerprint density at radius 3 is 2.78 bits per heavy atom. The van der Waals surface area contributed by atoms with Gasteiger partial charge in [-0.1, -0.05) is 18.2 Å². The third-order valence-electron chi connectivity index (χ3n) is 3.84. The van der Waals surface area contributed by atoms with Crippen LogP contribution in [-0.2, 0) is 4.79 Å². The molecule has 2 aromatic carbocycles. The van der Waals surface area contributed by atoms with Gasteiger partial charge in [0.2, 0.25) is 5.91 Å². The van der Waals surface area contributed by atoms with Gasteiger partial charge in [-0.3, -0.25) is 4.79 Å². The number of fused-ring (bicyclic) bond motifs is 1. The molecule has 1 amide bonds. The summed E-state index contributed by atoms with van der Waals surface area (Å²) in [5.41, 5.74) is 1.15. The van der Waals surface area contributed by atoms with Crippen LogP contribution in [0.3, 0.4) is 0 Å². The Hall–Kier alpha value is -2.47. The molecule has 0 bridgehead atoms. The Morgan fingerprint density at radius 1 is 1.22 bits per heavy atom. The number of anilines is 2. The van der Waals surface area contributed by atoms with E-state index in [-0.39, 0.29) is 24.4 Å². The van der Waals surface area contributed by atoms with Crippen LogP contribution in [-0.4, -0.2) is 24.1 Å². The number of β-amino-alcohol motifs (C(OH)–C–C–N with tert-alkyl or cyclic N) is 1. The van der Waals surface area contributed by atoms with Gasteiger partial charge in [-0.25, -0.2) is 8.78 Å². The van der Waals surface area contributed by atoms with Gasteiger partial charge in [-0.15, -0.1) is 0 Å². The molecule has 0 fully saturated rings. The first kappa shape index (κ1) is 15.4. The highest BCUT2D eigenvalue weighted by atomic mass is 19.1. The molecule has 2 N–H and O–H groups in total. The number of nitrogens with one attached hydrogen (secondary N) is 1. The van der Waals surface area contributed by atoms with Crippen LogP contribution in [0, 0.1) is 11.6 Å². The summed E-state index contributed by atoms with van der Waals surface area (Å²) < 4.78 is 27.2. The first-order chi connectivity index (χ1) is 11.0. The van der Waals surface area contributed by atoms with E-state index < -0.39 is 17.7 Å². The van der Waals surface area contributed by atoms with Crippen molar-refractivity contribution in [3.8, 4) is 0 Å².